The monoisotopic (exact) mass is 342 g/mol. The van der Waals surface area contributed by atoms with Crippen molar-refractivity contribution in [1.29, 1.82) is 0 Å². The molecule has 2 heterocycles. The number of hydrogen-bond acceptors (Lipinski definition) is 4. The number of aromatic nitrogens is 2. The maximum absolute atomic E-state index is 11.8. The van der Waals surface area contributed by atoms with Gasteiger partial charge in [-0.15, -0.1) is 0 Å². The standard InChI is InChI=1S/C15H26N4O3S/c1-11(9-19-13(3)6-12(2)18-19)7-16-15(20)17-8-14-4-5-23(21,22)10-14/h6,11,14H,4-5,7-10H2,1-3H3,(H2,16,17,20). The molecule has 0 aromatic carbocycles. The van der Waals surface area contributed by atoms with E-state index in [9.17, 15) is 13.2 Å². The summed E-state index contributed by atoms with van der Waals surface area (Å²) in [5, 5.41) is 10.0. The minimum Gasteiger partial charge on any atom is -0.338 e. The molecule has 2 N–H and O–H groups in total. The molecule has 0 spiro atoms. The summed E-state index contributed by atoms with van der Waals surface area (Å²) in [7, 11) is -2.89. The van der Waals surface area contributed by atoms with Crippen molar-refractivity contribution in [3.63, 3.8) is 0 Å². The normalized spacial score (nSPS) is 21.1. The number of rotatable bonds is 6. The average molecular weight is 342 g/mol. The van der Waals surface area contributed by atoms with Gasteiger partial charge in [0.05, 0.1) is 17.2 Å². The van der Waals surface area contributed by atoms with Crippen LogP contribution in [0.2, 0.25) is 0 Å². The van der Waals surface area contributed by atoms with Gasteiger partial charge in [-0.3, -0.25) is 4.68 Å². The number of amides is 2. The highest BCUT2D eigenvalue weighted by Crippen LogP contribution is 2.17. The molecule has 1 aliphatic heterocycles. The first kappa shape index (κ1) is 17.8. The lowest BCUT2D eigenvalue weighted by Crippen LogP contribution is -2.40. The number of aryl methyl sites for hydroxylation is 2. The Morgan fingerprint density at radius 3 is 2.74 bits per heavy atom. The Hall–Kier alpha value is -1.57. The van der Waals surface area contributed by atoms with Crippen LogP contribution in [-0.4, -0.2) is 48.8 Å². The van der Waals surface area contributed by atoms with Gasteiger partial charge < -0.3 is 10.6 Å². The molecule has 130 valence electrons. The Kier molecular flexibility index (Phi) is 5.67. The van der Waals surface area contributed by atoms with Gasteiger partial charge in [0.15, 0.2) is 9.84 Å². The van der Waals surface area contributed by atoms with Crippen molar-refractivity contribution >= 4 is 15.9 Å². The highest BCUT2D eigenvalue weighted by atomic mass is 32.2. The Morgan fingerprint density at radius 2 is 2.17 bits per heavy atom. The molecule has 1 aliphatic rings. The molecule has 1 fully saturated rings. The summed E-state index contributed by atoms with van der Waals surface area (Å²) in [6, 6.07) is 1.79. The zero-order valence-electron chi connectivity index (χ0n) is 14.0. The van der Waals surface area contributed by atoms with Crippen molar-refractivity contribution in [1.82, 2.24) is 20.4 Å². The van der Waals surface area contributed by atoms with Crippen molar-refractivity contribution in [3.05, 3.63) is 17.5 Å². The molecule has 23 heavy (non-hydrogen) atoms. The summed E-state index contributed by atoms with van der Waals surface area (Å²) in [6.45, 7) is 7.75. The summed E-state index contributed by atoms with van der Waals surface area (Å²) in [4.78, 5) is 11.8. The van der Waals surface area contributed by atoms with Crippen molar-refractivity contribution in [2.75, 3.05) is 24.6 Å². The summed E-state index contributed by atoms with van der Waals surface area (Å²) in [6.07, 6.45) is 0.636. The van der Waals surface area contributed by atoms with E-state index in [1.807, 2.05) is 24.6 Å². The van der Waals surface area contributed by atoms with Crippen molar-refractivity contribution in [3.8, 4) is 0 Å². The predicted molar refractivity (Wildman–Crippen MR) is 89.0 cm³/mol. The van der Waals surface area contributed by atoms with Crippen LogP contribution in [0.5, 0.6) is 0 Å². The highest BCUT2D eigenvalue weighted by Gasteiger charge is 2.27. The first-order valence-electron chi connectivity index (χ1n) is 7.98. The van der Waals surface area contributed by atoms with Gasteiger partial charge in [0.25, 0.3) is 0 Å². The molecule has 2 atom stereocenters. The zero-order chi connectivity index (χ0) is 17.0. The fourth-order valence-electron chi connectivity index (χ4n) is 2.82. The molecular weight excluding hydrogens is 316 g/mol. The molecule has 1 saturated heterocycles. The Labute approximate surface area is 137 Å². The first-order chi connectivity index (χ1) is 10.7. The topological polar surface area (TPSA) is 93.1 Å². The number of sulfone groups is 1. The van der Waals surface area contributed by atoms with Crippen molar-refractivity contribution in [2.24, 2.45) is 11.8 Å². The van der Waals surface area contributed by atoms with Gasteiger partial charge in [0, 0.05) is 25.3 Å². The second kappa shape index (κ2) is 7.33. The smallest absolute Gasteiger partial charge is 0.314 e. The molecule has 2 unspecified atom stereocenters. The van der Waals surface area contributed by atoms with Crippen LogP contribution in [0.3, 0.4) is 0 Å². The van der Waals surface area contributed by atoms with Crippen LogP contribution in [0, 0.1) is 25.7 Å². The van der Waals surface area contributed by atoms with Crippen LogP contribution in [0.1, 0.15) is 24.7 Å². The lowest BCUT2D eigenvalue weighted by molar-refractivity contribution is 0.237. The number of carbonyl (C=O) groups excluding carboxylic acids is 1. The van der Waals surface area contributed by atoms with Gasteiger partial charge in [0.2, 0.25) is 0 Å². The van der Waals surface area contributed by atoms with E-state index in [1.54, 1.807) is 0 Å². The molecule has 2 amide bonds. The van der Waals surface area contributed by atoms with Crippen LogP contribution < -0.4 is 10.6 Å². The SMILES string of the molecule is Cc1cc(C)n(CC(C)CNC(=O)NCC2CCS(=O)(=O)C2)n1. The van der Waals surface area contributed by atoms with Gasteiger partial charge in [-0.2, -0.15) is 5.10 Å². The van der Waals surface area contributed by atoms with Crippen LogP contribution in [0.4, 0.5) is 4.79 Å². The van der Waals surface area contributed by atoms with Crippen molar-refractivity contribution in [2.45, 2.75) is 33.7 Å². The van der Waals surface area contributed by atoms with E-state index in [0.29, 0.717) is 19.5 Å². The molecule has 2 rings (SSSR count). The Morgan fingerprint density at radius 1 is 1.43 bits per heavy atom. The molecule has 8 heteroatoms. The molecule has 0 saturated carbocycles. The van der Waals surface area contributed by atoms with Gasteiger partial charge in [-0.1, -0.05) is 6.92 Å². The number of carbonyl (C=O) groups is 1. The van der Waals surface area contributed by atoms with Gasteiger partial charge in [0.1, 0.15) is 0 Å². The number of nitrogens with one attached hydrogen (secondary N) is 2. The Bertz CT molecular complexity index is 654. The summed E-state index contributed by atoms with van der Waals surface area (Å²) in [5.74, 6) is 0.714. The maximum atomic E-state index is 11.8. The summed E-state index contributed by atoms with van der Waals surface area (Å²) < 4.78 is 24.7. The third-order valence-corrected chi connectivity index (χ3v) is 5.91. The average Bonchev–Trinajstić information content (AvgIpc) is 2.96. The largest absolute Gasteiger partial charge is 0.338 e. The van der Waals surface area contributed by atoms with Crippen LogP contribution in [0.15, 0.2) is 6.07 Å². The maximum Gasteiger partial charge on any atom is 0.314 e. The molecule has 0 radical (unpaired) electrons. The van der Waals surface area contributed by atoms with Crippen LogP contribution in [0.25, 0.3) is 0 Å². The van der Waals surface area contributed by atoms with Gasteiger partial charge >= 0.3 is 6.03 Å². The summed E-state index contributed by atoms with van der Waals surface area (Å²) in [5.41, 5.74) is 2.10. The number of urea groups is 1. The molecule has 7 nitrogen and oxygen atoms in total. The summed E-state index contributed by atoms with van der Waals surface area (Å²) >= 11 is 0. The van der Waals surface area contributed by atoms with Crippen LogP contribution in [-0.2, 0) is 16.4 Å². The predicted octanol–water partition coefficient (Wildman–Crippen LogP) is 0.870. The fraction of sp³-hybridized carbons (Fsp3) is 0.733. The highest BCUT2D eigenvalue weighted by molar-refractivity contribution is 7.91. The van der Waals surface area contributed by atoms with Gasteiger partial charge in [-0.25, -0.2) is 13.2 Å². The first-order valence-corrected chi connectivity index (χ1v) is 9.80. The number of hydrogen-bond donors (Lipinski definition) is 2. The second-order valence-electron chi connectivity index (χ2n) is 6.57. The molecule has 0 aliphatic carbocycles. The fourth-order valence-corrected chi connectivity index (χ4v) is 4.68. The van der Waals surface area contributed by atoms with E-state index >= 15 is 0 Å². The third-order valence-electron chi connectivity index (χ3n) is 4.08. The van der Waals surface area contributed by atoms with E-state index < -0.39 is 9.84 Å². The molecule has 1 aromatic heterocycles. The van der Waals surface area contributed by atoms with Gasteiger partial charge in [-0.05, 0) is 38.2 Å². The molecule has 0 bridgehead atoms. The minimum absolute atomic E-state index is 0.0397. The van der Waals surface area contributed by atoms with E-state index in [1.165, 1.54) is 0 Å². The molecule has 1 aromatic rings. The molecular formula is C15H26N4O3S. The lowest BCUT2D eigenvalue weighted by Gasteiger charge is -2.15. The quantitative estimate of drug-likeness (QED) is 0.802. The minimum atomic E-state index is -2.89. The van der Waals surface area contributed by atoms with E-state index in [4.69, 9.17) is 0 Å². The van der Waals surface area contributed by atoms with E-state index in [-0.39, 0.29) is 29.4 Å². The number of nitrogens with zero attached hydrogens (tertiary/aromatic N) is 2. The van der Waals surface area contributed by atoms with E-state index in [0.717, 1.165) is 17.9 Å². The second-order valence-corrected chi connectivity index (χ2v) is 8.80. The Balaban J connectivity index is 1.67. The van der Waals surface area contributed by atoms with Crippen LogP contribution >= 0.6 is 0 Å². The lowest BCUT2D eigenvalue weighted by atomic mass is 10.1. The third kappa shape index (κ3) is 5.53. The van der Waals surface area contributed by atoms with E-state index in [2.05, 4.69) is 22.7 Å². The van der Waals surface area contributed by atoms with Crippen molar-refractivity contribution < 1.29 is 13.2 Å². The zero-order valence-corrected chi connectivity index (χ0v) is 14.8.